The highest BCUT2D eigenvalue weighted by Gasteiger charge is 2.33. The van der Waals surface area contributed by atoms with Crippen LogP contribution in [-0.2, 0) is 42.0 Å². The highest BCUT2D eigenvalue weighted by Crippen LogP contribution is 2.34. The second-order valence-electron chi connectivity index (χ2n) is 14.8. The molecule has 3 aromatic rings. The van der Waals surface area contributed by atoms with E-state index in [1.807, 2.05) is 0 Å². The molecule has 0 bridgehead atoms. The minimum absolute atomic E-state index is 0.0478. The van der Waals surface area contributed by atoms with Crippen LogP contribution in [-0.4, -0.2) is 73.8 Å². The third-order valence-corrected chi connectivity index (χ3v) is 9.21. The van der Waals surface area contributed by atoms with Crippen LogP contribution in [0.2, 0.25) is 0 Å². The number of sulfonamides is 1. The fourth-order valence-corrected chi connectivity index (χ4v) is 6.83. The second-order valence-corrected chi connectivity index (χ2v) is 17.5. The number of Topliss-reactive ketones (excluding diaryl/α,β-unsaturated/α-hetero) is 1. The summed E-state index contributed by atoms with van der Waals surface area (Å²) in [4.78, 5) is 58.3. The fraction of sp³-hybridized carbons (Fsp3) is 0.444. The predicted molar refractivity (Wildman–Crippen MR) is 200 cm³/mol. The molecule has 15 nitrogen and oxygen atoms in total. The summed E-state index contributed by atoms with van der Waals surface area (Å²) < 4.78 is 66.0. The molecule has 1 heterocycles. The number of alkyl carbamates (subject to hydrolysis) is 2. The number of aromatic nitrogens is 1. The largest absolute Gasteiger partial charge is 0.497 e. The maximum absolute atomic E-state index is 15.6. The van der Waals surface area contributed by atoms with Gasteiger partial charge in [-0.15, -0.1) is 11.3 Å². The number of ether oxygens (including phenoxy) is 4. The zero-order valence-corrected chi connectivity index (χ0v) is 33.5. The van der Waals surface area contributed by atoms with E-state index in [0.717, 1.165) is 33.8 Å². The Labute approximate surface area is 318 Å². The number of carbonyl (C=O) groups excluding carboxylic acids is 4. The number of ketones is 1. The zero-order valence-electron chi connectivity index (χ0n) is 31.9. The molecule has 3 rings (SSSR count). The van der Waals surface area contributed by atoms with Crippen molar-refractivity contribution in [3.63, 3.8) is 0 Å². The van der Waals surface area contributed by atoms with E-state index >= 15 is 4.39 Å². The Kier molecular flexibility index (Phi) is 13.9. The predicted octanol–water partition coefficient (Wildman–Crippen LogP) is 6.16. The topological polar surface area (TPSA) is 192 Å². The summed E-state index contributed by atoms with van der Waals surface area (Å²) >= 11 is 0.887. The van der Waals surface area contributed by atoms with Crippen molar-refractivity contribution in [3.8, 4) is 5.75 Å². The number of thiazole rings is 1. The summed E-state index contributed by atoms with van der Waals surface area (Å²) in [6.45, 7) is 13.8. The first-order valence-electron chi connectivity index (χ1n) is 16.5. The van der Waals surface area contributed by atoms with Crippen LogP contribution in [0.1, 0.15) is 83.9 Å². The number of esters is 1. The summed E-state index contributed by atoms with van der Waals surface area (Å²) in [7, 11) is -3.08. The van der Waals surface area contributed by atoms with Crippen molar-refractivity contribution in [1.29, 1.82) is 0 Å². The first-order chi connectivity index (χ1) is 24.9. The number of anilines is 1. The van der Waals surface area contributed by atoms with Crippen LogP contribution in [0.3, 0.4) is 0 Å². The monoisotopic (exact) mass is 791 g/mol. The first-order valence-corrected chi connectivity index (χ1v) is 18.9. The van der Waals surface area contributed by atoms with Gasteiger partial charge in [0.2, 0.25) is 5.96 Å². The van der Waals surface area contributed by atoms with Crippen molar-refractivity contribution in [2.75, 3.05) is 18.0 Å². The van der Waals surface area contributed by atoms with Gasteiger partial charge in [-0.1, -0.05) is 18.2 Å². The van der Waals surface area contributed by atoms with E-state index in [9.17, 15) is 27.6 Å². The van der Waals surface area contributed by atoms with Crippen molar-refractivity contribution in [2.45, 2.75) is 97.0 Å². The van der Waals surface area contributed by atoms with Gasteiger partial charge in [0.1, 0.15) is 39.9 Å². The highest BCUT2D eigenvalue weighted by molar-refractivity contribution is 7.93. The number of guanidine groups is 1. The van der Waals surface area contributed by atoms with E-state index in [4.69, 9.17) is 18.9 Å². The number of nitrogens with zero attached hydrogens (tertiary/aromatic N) is 3. The summed E-state index contributed by atoms with van der Waals surface area (Å²) in [6.07, 6.45) is -2.45. The summed E-state index contributed by atoms with van der Waals surface area (Å²) in [5.41, 5.74) is -1.23. The molecule has 18 heteroatoms. The van der Waals surface area contributed by atoms with E-state index in [-0.39, 0.29) is 22.8 Å². The van der Waals surface area contributed by atoms with Crippen LogP contribution in [0, 0.1) is 5.82 Å². The molecule has 0 unspecified atom stereocenters. The van der Waals surface area contributed by atoms with Gasteiger partial charge in [0.15, 0.2) is 11.5 Å². The fourth-order valence-electron chi connectivity index (χ4n) is 4.35. The number of hydrogen-bond donors (Lipinski definition) is 2. The van der Waals surface area contributed by atoms with Crippen molar-refractivity contribution in [2.24, 2.45) is 4.99 Å². The van der Waals surface area contributed by atoms with Crippen LogP contribution in [0.4, 0.5) is 19.0 Å². The van der Waals surface area contributed by atoms with Gasteiger partial charge < -0.3 is 18.9 Å². The average molecular weight is 792 g/mol. The molecule has 294 valence electrons. The van der Waals surface area contributed by atoms with E-state index in [1.54, 1.807) is 86.6 Å². The normalized spacial score (nSPS) is 11.9. The molecule has 0 spiro atoms. The molecule has 0 fully saturated rings. The number of nitrogens with one attached hydrogen (secondary N) is 2. The minimum Gasteiger partial charge on any atom is -0.497 e. The summed E-state index contributed by atoms with van der Waals surface area (Å²) in [5, 5.41) is 4.46. The van der Waals surface area contributed by atoms with E-state index in [0.29, 0.717) is 11.3 Å². The standard InChI is InChI=1S/C36H46FN5O10S2/c1-34(2,3)50-30(44)28-29(53-21-39-28)42(20-22-11-14-25(49-10)15-12-22)54(47,48)26-16-13-23(27(37)18-26)17-24(43)19-38-31(40-32(45)51-35(4,5)6)41-33(46)52-36(7,8)9/h11-16,18,21H,17,19-20H2,1-10H3,(H2,38,40,41,45,46). The summed E-state index contributed by atoms with van der Waals surface area (Å²) in [5.74, 6) is -2.41. The van der Waals surface area contributed by atoms with Crippen molar-refractivity contribution in [3.05, 3.63) is 70.6 Å². The maximum atomic E-state index is 15.6. The summed E-state index contributed by atoms with van der Waals surface area (Å²) in [6, 6.07) is 9.63. The lowest BCUT2D eigenvalue weighted by Gasteiger charge is -2.25. The molecule has 1 aromatic heterocycles. The van der Waals surface area contributed by atoms with Crippen LogP contribution in [0.5, 0.6) is 5.75 Å². The number of carbonyl (C=O) groups is 4. The number of hydrogen-bond acceptors (Lipinski definition) is 13. The molecule has 0 atom stereocenters. The Balaban J connectivity index is 1.91. The van der Waals surface area contributed by atoms with Gasteiger partial charge in [-0.3, -0.25) is 19.7 Å². The van der Waals surface area contributed by atoms with Crippen molar-refractivity contribution >= 4 is 56.3 Å². The molecule has 2 aromatic carbocycles. The van der Waals surface area contributed by atoms with Gasteiger partial charge in [0, 0.05) is 6.42 Å². The minimum atomic E-state index is -4.56. The lowest BCUT2D eigenvalue weighted by molar-refractivity contribution is -0.117. The van der Waals surface area contributed by atoms with Gasteiger partial charge in [0.25, 0.3) is 10.0 Å². The number of methoxy groups -OCH3 is 1. The molecule has 0 radical (unpaired) electrons. The van der Waals surface area contributed by atoms with Gasteiger partial charge in [-0.2, -0.15) is 0 Å². The van der Waals surface area contributed by atoms with Gasteiger partial charge in [-0.05, 0) is 97.7 Å². The van der Waals surface area contributed by atoms with E-state index < -0.39 is 80.4 Å². The second kappa shape index (κ2) is 17.4. The number of aliphatic imine (C=N–C) groups is 1. The lowest BCUT2D eigenvalue weighted by Crippen LogP contribution is -2.47. The average Bonchev–Trinajstić information content (AvgIpc) is 3.51. The van der Waals surface area contributed by atoms with Gasteiger partial charge in [-0.25, -0.2) is 37.2 Å². The van der Waals surface area contributed by atoms with Crippen molar-refractivity contribution in [1.82, 2.24) is 15.6 Å². The first kappa shape index (κ1) is 43.3. The molecule has 2 amide bonds. The molecule has 54 heavy (non-hydrogen) atoms. The van der Waals surface area contributed by atoms with Crippen LogP contribution >= 0.6 is 11.3 Å². The molecule has 2 N–H and O–H groups in total. The molecule has 0 aliphatic rings. The van der Waals surface area contributed by atoms with Crippen molar-refractivity contribution < 1.29 is 50.9 Å². The number of amides is 2. The van der Waals surface area contributed by atoms with Crippen LogP contribution in [0.15, 0.2) is 57.9 Å². The molecular weight excluding hydrogens is 746 g/mol. The highest BCUT2D eigenvalue weighted by atomic mass is 32.2. The SMILES string of the molecule is COc1ccc(CN(c2scnc2C(=O)OC(C)(C)C)S(=O)(=O)c2ccc(CC(=O)CN=C(NC(=O)OC(C)(C)C)NC(=O)OC(C)(C)C)c(F)c2)cc1. The number of halogens is 1. The number of rotatable bonds is 11. The van der Waals surface area contributed by atoms with E-state index in [2.05, 4.69) is 20.6 Å². The van der Waals surface area contributed by atoms with Crippen LogP contribution < -0.4 is 19.7 Å². The maximum Gasteiger partial charge on any atom is 0.414 e. The smallest absolute Gasteiger partial charge is 0.414 e. The molecule has 0 aliphatic carbocycles. The van der Waals surface area contributed by atoms with Crippen LogP contribution in [0.25, 0.3) is 0 Å². The Morgan fingerprint density at radius 1 is 0.852 bits per heavy atom. The van der Waals surface area contributed by atoms with E-state index in [1.165, 1.54) is 12.6 Å². The van der Waals surface area contributed by atoms with Gasteiger partial charge >= 0.3 is 18.2 Å². The Hall–Kier alpha value is -5.10. The molecule has 0 saturated carbocycles. The Morgan fingerprint density at radius 2 is 1.41 bits per heavy atom. The molecule has 0 saturated heterocycles. The van der Waals surface area contributed by atoms with Gasteiger partial charge in [0.05, 0.1) is 24.1 Å². The third-order valence-electron chi connectivity index (χ3n) is 6.51. The zero-order chi connectivity index (χ0) is 40.6. The quantitative estimate of drug-likeness (QED) is 0.0979. The Bertz CT molecular complexity index is 1950. The Morgan fingerprint density at radius 3 is 1.91 bits per heavy atom. The molecular formula is C36H46FN5O10S2. The lowest BCUT2D eigenvalue weighted by atomic mass is 10.1. The molecule has 0 aliphatic heterocycles. The third kappa shape index (κ3) is 13.4. The number of benzene rings is 2.